The van der Waals surface area contributed by atoms with Gasteiger partial charge in [0.1, 0.15) is 6.33 Å². The standard InChI is InChI=1S/C9H4Cl2N4O/c10-4-1-5(11)7-6(2-4)14-9(16)15-8(7)12-3-13-15/h1-3H,(H,14,16). The molecule has 0 aliphatic carbocycles. The highest BCUT2D eigenvalue weighted by molar-refractivity contribution is 6.39. The zero-order chi connectivity index (χ0) is 11.3. The van der Waals surface area contributed by atoms with Gasteiger partial charge in [-0.1, -0.05) is 23.2 Å². The van der Waals surface area contributed by atoms with Gasteiger partial charge in [-0.15, -0.1) is 0 Å². The Bertz CT molecular complexity index is 761. The second kappa shape index (κ2) is 3.20. The molecule has 16 heavy (non-hydrogen) atoms. The van der Waals surface area contributed by atoms with E-state index < -0.39 is 0 Å². The molecular weight excluding hydrogens is 251 g/mol. The van der Waals surface area contributed by atoms with Crippen molar-refractivity contribution in [3.8, 4) is 0 Å². The molecule has 0 aliphatic heterocycles. The van der Waals surface area contributed by atoms with Crippen LogP contribution in [0.15, 0.2) is 23.3 Å². The number of aromatic amines is 1. The van der Waals surface area contributed by atoms with Gasteiger partial charge < -0.3 is 4.98 Å². The summed E-state index contributed by atoms with van der Waals surface area (Å²) < 4.78 is 1.15. The Balaban J connectivity index is 2.70. The van der Waals surface area contributed by atoms with E-state index >= 15 is 0 Å². The minimum atomic E-state index is -0.377. The number of aromatic nitrogens is 4. The van der Waals surface area contributed by atoms with Crippen LogP contribution in [0.3, 0.4) is 0 Å². The van der Waals surface area contributed by atoms with Crippen LogP contribution in [-0.4, -0.2) is 19.6 Å². The Morgan fingerprint density at radius 2 is 2.12 bits per heavy atom. The lowest BCUT2D eigenvalue weighted by molar-refractivity contribution is 0.882. The molecule has 1 N–H and O–H groups in total. The fraction of sp³-hybridized carbons (Fsp3) is 0. The predicted octanol–water partition coefficient (Wildman–Crippen LogP) is 1.88. The number of benzene rings is 1. The molecule has 2 aromatic heterocycles. The second-order valence-electron chi connectivity index (χ2n) is 3.24. The minimum absolute atomic E-state index is 0.377. The Labute approximate surface area is 98.6 Å². The molecule has 80 valence electrons. The SMILES string of the molecule is O=c1[nH]c2cc(Cl)cc(Cl)c2c2ncnn12. The van der Waals surface area contributed by atoms with Crippen LogP contribution in [-0.2, 0) is 0 Å². The third-order valence-electron chi connectivity index (χ3n) is 2.26. The fourth-order valence-electron chi connectivity index (χ4n) is 1.63. The molecule has 0 radical (unpaired) electrons. The van der Waals surface area contributed by atoms with Crippen LogP contribution in [0.1, 0.15) is 0 Å². The van der Waals surface area contributed by atoms with Gasteiger partial charge in [0.15, 0.2) is 5.65 Å². The van der Waals surface area contributed by atoms with E-state index in [1.807, 2.05) is 0 Å². The maximum atomic E-state index is 11.6. The fourth-order valence-corrected chi connectivity index (χ4v) is 2.21. The van der Waals surface area contributed by atoms with E-state index in [1.165, 1.54) is 6.33 Å². The topological polar surface area (TPSA) is 63.0 Å². The minimum Gasteiger partial charge on any atom is -0.305 e. The van der Waals surface area contributed by atoms with Gasteiger partial charge in [-0.25, -0.2) is 9.78 Å². The van der Waals surface area contributed by atoms with Crippen molar-refractivity contribution in [3.05, 3.63) is 39.0 Å². The van der Waals surface area contributed by atoms with Crippen LogP contribution >= 0.6 is 23.2 Å². The number of nitrogens with zero attached hydrogens (tertiary/aromatic N) is 3. The van der Waals surface area contributed by atoms with E-state index in [-0.39, 0.29) is 5.69 Å². The number of hydrogen-bond donors (Lipinski definition) is 1. The van der Waals surface area contributed by atoms with Crippen LogP contribution < -0.4 is 5.69 Å². The van der Waals surface area contributed by atoms with Crippen molar-refractivity contribution in [2.24, 2.45) is 0 Å². The lowest BCUT2D eigenvalue weighted by atomic mass is 10.2. The van der Waals surface area contributed by atoms with Crippen molar-refractivity contribution in [2.75, 3.05) is 0 Å². The Kier molecular flexibility index (Phi) is 1.92. The van der Waals surface area contributed by atoms with Gasteiger partial charge in [0.2, 0.25) is 0 Å². The number of rotatable bonds is 0. The average molecular weight is 255 g/mol. The quantitative estimate of drug-likeness (QED) is 0.667. The highest BCUT2D eigenvalue weighted by Gasteiger charge is 2.10. The summed E-state index contributed by atoms with van der Waals surface area (Å²) in [6.45, 7) is 0. The number of nitrogens with one attached hydrogen (secondary N) is 1. The Morgan fingerprint density at radius 3 is 2.94 bits per heavy atom. The van der Waals surface area contributed by atoms with Gasteiger partial charge >= 0.3 is 5.69 Å². The molecule has 7 heteroatoms. The van der Waals surface area contributed by atoms with E-state index in [2.05, 4.69) is 15.1 Å². The van der Waals surface area contributed by atoms with Gasteiger partial charge in [0, 0.05) is 5.02 Å². The van der Waals surface area contributed by atoms with Crippen LogP contribution in [0.2, 0.25) is 10.0 Å². The summed E-state index contributed by atoms with van der Waals surface area (Å²) in [4.78, 5) is 18.2. The van der Waals surface area contributed by atoms with E-state index in [0.717, 1.165) is 4.52 Å². The molecule has 0 spiro atoms. The zero-order valence-electron chi connectivity index (χ0n) is 7.74. The van der Waals surface area contributed by atoms with Crippen LogP contribution in [0.5, 0.6) is 0 Å². The van der Waals surface area contributed by atoms with E-state index in [4.69, 9.17) is 23.2 Å². The summed E-state index contributed by atoms with van der Waals surface area (Å²) in [5.41, 5.74) is 0.585. The smallest absolute Gasteiger partial charge is 0.305 e. The third kappa shape index (κ3) is 1.22. The molecule has 0 fully saturated rings. The number of H-pyrrole nitrogens is 1. The van der Waals surface area contributed by atoms with Gasteiger partial charge in [-0.2, -0.15) is 9.61 Å². The normalized spacial score (nSPS) is 11.4. The van der Waals surface area contributed by atoms with Gasteiger partial charge in [0.25, 0.3) is 0 Å². The Hall–Kier alpha value is -1.59. The summed E-state index contributed by atoms with van der Waals surface area (Å²) in [6.07, 6.45) is 1.30. The van der Waals surface area contributed by atoms with E-state index in [0.29, 0.717) is 26.6 Å². The van der Waals surface area contributed by atoms with Crippen molar-refractivity contribution in [1.82, 2.24) is 19.6 Å². The molecular formula is C9H4Cl2N4O. The largest absolute Gasteiger partial charge is 0.348 e. The first-order chi connectivity index (χ1) is 7.66. The lowest BCUT2D eigenvalue weighted by Gasteiger charge is -2.02. The monoisotopic (exact) mass is 254 g/mol. The van der Waals surface area contributed by atoms with E-state index in [1.54, 1.807) is 12.1 Å². The lowest BCUT2D eigenvalue weighted by Crippen LogP contribution is -2.17. The molecule has 3 aromatic rings. The summed E-state index contributed by atoms with van der Waals surface area (Å²) in [5.74, 6) is 0. The van der Waals surface area contributed by atoms with Crippen LogP contribution in [0, 0.1) is 0 Å². The highest BCUT2D eigenvalue weighted by atomic mass is 35.5. The number of hydrogen-bond acceptors (Lipinski definition) is 3. The molecule has 0 bridgehead atoms. The average Bonchev–Trinajstić information content (AvgIpc) is 2.65. The summed E-state index contributed by atoms with van der Waals surface area (Å²) in [5, 5.41) is 5.31. The highest BCUT2D eigenvalue weighted by Crippen LogP contribution is 2.27. The maximum absolute atomic E-state index is 11.6. The van der Waals surface area contributed by atoms with Crippen molar-refractivity contribution in [1.29, 1.82) is 0 Å². The molecule has 0 unspecified atom stereocenters. The van der Waals surface area contributed by atoms with Crippen molar-refractivity contribution >= 4 is 39.8 Å². The molecule has 0 saturated heterocycles. The molecule has 5 nitrogen and oxygen atoms in total. The summed E-state index contributed by atoms with van der Waals surface area (Å²) in [7, 11) is 0. The first-order valence-corrected chi connectivity index (χ1v) is 5.13. The van der Waals surface area contributed by atoms with E-state index in [9.17, 15) is 4.79 Å². The summed E-state index contributed by atoms with van der Waals surface area (Å²) in [6, 6.07) is 3.22. The van der Waals surface area contributed by atoms with Gasteiger partial charge in [0.05, 0.1) is 15.9 Å². The molecule has 0 aliphatic rings. The molecule has 3 rings (SSSR count). The molecule has 0 atom stereocenters. The molecule has 0 amide bonds. The van der Waals surface area contributed by atoms with Crippen LogP contribution in [0.25, 0.3) is 16.6 Å². The zero-order valence-corrected chi connectivity index (χ0v) is 9.25. The van der Waals surface area contributed by atoms with Crippen molar-refractivity contribution in [3.63, 3.8) is 0 Å². The van der Waals surface area contributed by atoms with Crippen molar-refractivity contribution < 1.29 is 0 Å². The number of fused-ring (bicyclic) bond motifs is 3. The second-order valence-corrected chi connectivity index (χ2v) is 4.08. The Morgan fingerprint density at radius 1 is 1.31 bits per heavy atom. The van der Waals surface area contributed by atoms with Gasteiger partial charge in [-0.05, 0) is 12.1 Å². The van der Waals surface area contributed by atoms with Crippen molar-refractivity contribution in [2.45, 2.75) is 0 Å². The molecule has 0 saturated carbocycles. The third-order valence-corrected chi connectivity index (χ3v) is 2.78. The van der Waals surface area contributed by atoms with Crippen LogP contribution in [0.4, 0.5) is 0 Å². The first kappa shape index (κ1) is 9.62. The molecule has 1 aromatic carbocycles. The molecule has 2 heterocycles. The number of halogens is 2. The van der Waals surface area contributed by atoms with Gasteiger partial charge in [-0.3, -0.25) is 0 Å². The maximum Gasteiger partial charge on any atom is 0.348 e. The first-order valence-electron chi connectivity index (χ1n) is 4.37. The summed E-state index contributed by atoms with van der Waals surface area (Å²) >= 11 is 11.9. The predicted molar refractivity (Wildman–Crippen MR) is 61.1 cm³/mol.